The van der Waals surface area contributed by atoms with Gasteiger partial charge >= 0.3 is 5.63 Å². The molecule has 2 heterocycles. The summed E-state index contributed by atoms with van der Waals surface area (Å²) in [5.74, 6) is -10.1. The number of aryl methyl sites for hydroxylation is 2. The van der Waals surface area contributed by atoms with Gasteiger partial charge in [-0.3, -0.25) is 4.68 Å². The molecule has 0 saturated carbocycles. The van der Waals surface area contributed by atoms with Crippen molar-refractivity contribution in [2.75, 3.05) is 10.6 Å². The van der Waals surface area contributed by atoms with E-state index in [0.717, 1.165) is 15.6 Å². The van der Waals surface area contributed by atoms with Crippen molar-refractivity contribution in [1.29, 1.82) is 0 Å². The Morgan fingerprint density at radius 1 is 0.971 bits per heavy atom. The van der Waals surface area contributed by atoms with Crippen molar-refractivity contribution in [3.05, 3.63) is 86.3 Å². The van der Waals surface area contributed by atoms with E-state index in [1.54, 1.807) is 39.0 Å². The van der Waals surface area contributed by atoms with Crippen LogP contribution in [-0.4, -0.2) is 14.9 Å². The standard InChI is InChI=1S/C23H17F5N4O2S/c1-9-6-16(33)34-15-7-12(4-5-13(9)15)29-23(35)30-22-10(2)31-32(11(22)3)8-14-17(24)19(26)21(28)20(27)18(14)25/h4-7H,8H2,1-3H3,(H2,29,30,35). The number of halogens is 5. The third-order valence-corrected chi connectivity index (χ3v) is 5.64. The number of nitrogens with one attached hydrogen (secondary N) is 2. The van der Waals surface area contributed by atoms with E-state index in [9.17, 15) is 26.7 Å². The number of anilines is 2. The van der Waals surface area contributed by atoms with Gasteiger partial charge < -0.3 is 15.1 Å². The lowest BCUT2D eigenvalue weighted by molar-refractivity contribution is 0.366. The summed E-state index contributed by atoms with van der Waals surface area (Å²) in [5.41, 5.74) is 1.25. The molecule has 0 bridgehead atoms. The summed E-state index contributed by atoms with van der Waals surface area (Å²) in [5, 5.41) is 10.9. The van der Waals surface area contributed by atoms with Gasteiger partial charge in [0.15, 0.2) is 28.4 Å². The van der Waals surface area contributed by atoms with Crippen molar-refractivity contribution >= 4 is 39.7 Å². The number of hydrogen-bond acceptors (Lipinski definition) is 4. The average Bonchev–Trinajstić information content (AvgIpc) is 3.06. The first-order valence-electron chi connectivity index (χ1n) is 10.1. The third-order valence-electron chi connectivity index (χ3n) is 5.44. The zero-order valence-electron chi connectivity index (χ0n) is 18.5. The van der Waals surface area contributed by atoms with Gasteiger partial charge in [0.05, 0.1) is 29.2 Å². The zero-order chi connectivity index (χ0) is 25.6. The largest absolute Gasteiger partial charge is 0.423 e. The van der Waals surface area contributed by atoms with Gasteiger partial charge in [0, 0.05) is 23.2 Å². The van der Waals surface area contributed by atoms with Crippen LogP contribution >= 0.6 is 12.2 Å². The molecular weight excluding hydrogens is 491 g/mol. The number of nitrogens with zero attached hydrogens (tertiary/aromatic N) is 2. The van der Waals surface area contributed by atoms with Gasteiger partial charge in [-0.15, -0.1) is 0 Å². The van der Waals surface area contributed by atoms with Crippen LogP contribution in [-0.2, 0) is 6.54 Å². The second-order valence-corrected chi connectivity index (χ2v) is 8.20. The van der Waals surface area contributed by atoms with Crippen LogP contribution in [0.5, 0.6) is 0 Å². The van der Waals surface area contributed by atoms with Gasteiger partial charge in [-0.2, -0.15) is 5.10 Å². The Bertz CT molecular complexity index is 1540. The molecule has 0 spiro atoms. The van der Waals surface area contributed by atoms with Crippen LogP contribution in [0.15, 0.2) is 33.5 Å². The highest BCUT2D eigenvalue weighted by Gasteiger charge is 2.26. The fourth-order valence-electron chi connectivity index (χ4n) is 3.65. The first-order valence-corrected chi connectivity index (χ1v) is 10.6. The van der Waals surface area contributed by atoms with Crippen molar-refractivity contribution in [2.45, 2.75) is 27.3 Å². The molecular formula is C23H17F5N4O2S. The average molecular weight is 508 g/mol. The Balaban J connectivity index is 1.57. The molecule has 0 aliphatic heterocycles. The van der Waals surface area contributed by atoms with E-state index in [2.05, 4.69) is 15.7 Å². The Morgan fingerprint density at radius 2 is 1.60 bits per heavy atom. The van der Waals surface area contributed by atoms with E-state index < -0.39 is 46.8 Å². The summed E-state index contributed by atoms with van der Waals surface area (Å²) in [4.78, 5) is 11.6. The fraction of sp³-hybridized carbons (Fsp3) is 0.174. The topological polar surface area (TPSA) is 72.1 Å². The molecule has 0 fully saturated rings. The van der Waals surface area contributed by atoms with Gasteiger partial charge in [0.25, 0.3) is 0 Å². The van der Waals surface area contributed by atoms with E-state index in [4.69, 9.17) is 16.6 Å². The molecule has 0 amide bonds. The molecule has 4 rings (SSSR count). The van der Waals surface area contributed by atoms with Gasteiger partial charge in [-0.1, -0.05) is 0 Å². The molecule has 6 nitrogen and oxygen atoms in total. The van der Waals surface area contributed by atoms with Crippen molar-refractivity contribution in [2.24, 2.45) is 0 Å². The zero-order valence-corrected chi connectivity index (χ0v) is 19.3. The van der Waals surface area contributed by atoms with Gasteiger partial charge in [-0.05, 0) is 50.7 Å². The molecule has 0 saturated heterocycles. The Morgan fingerprint density at radius 3 is 2.26 bits per heavy atom. The summed E-state index contributed by atoms with van der Waals surface area (Å²) in [6.45, 7) is 4.22. The van der Waals surface area contributed by atoms with E-state index in [1.165, 1.54) is 6.07 Å². The summed E-state index contributed by atoms with van der Waals surface area (Å²) in [7, 11) is 0. The summed E-state index contributed by atoms with van der Waals surface area (Å²) >= 11 is 5.33. The fourth-order valence-corrected chi connectivity index (χ4v) is 3.87. The van der Waals surface area contributed by atoms with Gasteiger partial charge in [0.2, 0.25) is 5.82 Å². The highest BCUT2D eigenvalue weighted by molar-refractivity contribution is 7.80. The first-order chi connectivity index (χ1) is 16.5. The molecule has 2 N–H and O–H groups in total. The summed E-state index contributed by atoms with van der Waals surface area (Å²) < 4.78 is 75.0. The predicted octanol–water partition coefficient (Wildman–Crippen LogP) is 5.47. The Labute approximate surface area is 200 Å². The minimum atomic E-state index is -2.22. The molecule has 35 heavy (non-hydrogen) atoms. The molecule has 0 aliphatic rings. The van der Waals surface area contributed by atoms with Crippen molar-refractivity contribution in [1.82, 2.24) is 9.78 Å². The number of fused-ring (bicyclic) bond motifs is 1. The van der Waals surface area contributed by atoms with Crippen LogP contribution in [0, 0.1) is 49.9 Å². The number of hydrogen-bond donors (Lipinski definition) is 2. The summed E-state index contributed by atoms with van der Waals surface area (Å²) in [6, 6.07) is 6.48. The second-order valence-electron chi connectivity index (χ2n) is 7.79. The van der Waals surface area contributed by atoms with Crippen LogP contribution in [0.25, 0.3) is 11.0 Å². The van der Waals surface area contributed by atoms with Crippen molar-refractivity contribution < 1.29 is 26.4 Å². The quantitative estimate of drug-likeness (QED) is 0.125. The molecule has 182 valence electrons. The van der Waals surface area contributed by atoms with Gasteiger partial charge in [-0.25, -0.2) is 26.7 Å². The normalized spacial score (nSPS) is 11.2. The lowest BCUT2D eigenvalue weighted by Gasteiger charge is -2.12. The Hall–Kier alpha value is -3.80. The minimum absolute atomic E-state index is 0.126. The maximum absolute atomic E-state index is 14.1. The number of aromatic nitrogens is 2. The van der Waals surface area contributed by atoms with E-state index >= 15 is 0 Å². The van der Waals surface area contributed by atoms with Crippen molar-refractivity contribution in [3.8, 4) is 0 Å². The molecule has 12 heteroatoms. The number of thiocarbonyl (C=S) groups is 1. The molecule has 2 aromatic heterocycles. The SMILES string of the molecule is Cc1nn(Cc2c(F)c(F)c(F)c(F)c2F)c(C)c1NC(=S)Nc1ccc2c(C)cc(=O)oc2c1. The first kappa shape index (κ1) is 24.3. The van der Waals surface area contributed by atoms with E-state index in [-0.39, 0.29) is 5.11 Å². The van der Waals surface area contributed by atoms with E-state index in [0.29, 0.717) is 28.3 Å². The Kier molecular flexibility index (Phi) is 6.32. The maximum atomic E-state index is 14.1. The van der Waals surface area contributed by atoms with Crippen LogP contribution in [0.1, 0.15) is 22.5 Å². The maximum Gasteiger partial charge on any atom is 0.336 e. The number of benzene rings is 2. The summed E-state index contributed by atoms with van der Waals surface area (Å²) in [6.07, 6.45) is 0. The monoisotopic (exact) mass is 508 g/mol. The number of rotatable bonds is 4. The van der Waals surface area contributed by atoms with Crippen LogP contribution in [0.2, 0.25) is 0 Å². The van der Waals surface area contributed by atoms with Crippen molar-refractivity contribution in [3.63, 3.8) is 0 Å². The molecule has 0 unspecified atom stereocenters. The van der Waals surface area contributed by atoms with E-state index in [1.807, 2.05) is 0 Å². The molecule has 0 aliphatic carbocycles. The minimum Gasteiger partial charge on any atom is -0.423 e. The predicted molar refractivity (Wildman–Crippen MR) is 124 cm³/mol. The molecule has 4 aromatic rings. The third kappa shape index (κ3) is 4.48. The molecule has 0 radical (unpaired) electrons. The highest BCUT2D eigenvalue weighted by Crippen LogP contribution is 2.27. The van der Waals surface area contributed by atoms with Gasteiger partial charge in [0.1, 0.15) is 5.58 Å². The van der Waals surface area contributed by atoms with Crippen LogP contribution in [0.4, 0.5) is 33.3 Å². The second kappa shape index (κ2) is 9.10. The molecule has 2 aromatic carbocycles. The smallest absolute Gasteiger partial charge is 0.336 e. The van der Waals surface area contributed by atoms with Crippen LogP contribution in [0.3, 0.4) is 0 Å². The lowest BCUT2D eigenvalue weighted by atomic mass is 10.1. The lowest BCUT2D eigenvalue weighted by Crippen LogP contribution is -2.20. The molecule has 0 atom stereocenters. The highest BCUT2D eigenvalue weighted by atomic mass is 32.1. The van der Waals surface area contributed by atoms with Crippen LogP contribution < -0.4 is 16.3 Å².